The Balaban J connectivity index is 1.98. The zero-order chi connectivity index (χ0) is 13.0. The maximum absolute atomic E-state index is 10.5. The molecule has 0 aliphatic carbocycles. The van der Waals surface area contributed by atoms with Crippen LogP contribution in [0.3, 0.4) is 0 Å². The van der Waals surface area contributed by atoms with Gasteiger partial charge in [0.05, 0.1) is 20.6 Å². The van der Waals surface area contributed by atoms with Gasteiger partial charge in [-0.05, 0) is 40.2 Å². The lowest BCUT2D eigenvalue weighted by Crippen LogP contribution is -1.91. The van der Waals surface area contributed by atoms with Crippen molar-refractivity contribution in [2.24, 2.45) is 5.10 Å². The quantitative estimate of drug-likeness (QED) is 0.527. The van der Waals surface area contributed by atoms with Gasteiger partial charge in [-0.25, -0.2) is 0 Å². The number of nitrogens with zero attached hydrogens (tertiary/aromatic N) is 2. The first kappa shape index (κ1) is 12.7. The molecule has 2 aromatic rings. The maximum atomic E-state index is 10.5. The van der Waals surface area contributed by atoms with Crippen LogP contribution in [0.2, 0.25) is 0 Å². The monoisotopic (exact) mass is 325 g/mol. The summed E-state index contributed by atoms with van der Waals surface area (Å²) >= 11 is 4.93. The van der Waals surface area contributed by atoms with Crippen molar-refractivity contribution in [1.82, 2.24) is 0 Å². The number of nitrogens with one attached hydrogen (secondary N) is 1. The van der Waals surface area contributed by atoms with E-state index >= 15 is 0 Å². The number of hydrogen-bond donors (Lipinski definition) is 1. The molecular formula is C11H8BrN3O2S. The van der Waals surface area contributed by atoms with Crippen LogP contribution in [0.4, 0.5) is 11.4 Å². The molecule has 0 saturated carbocycles. The Morgan fingerprint density at radius 2 is 2.00 bits per heavy atom. The Labute approximate surface area is 115 Å². The first-order chi connectivity index (χ1) is 8.65. The third-order valence-corrected chi connectivity index (χ3v) is 3.62. The second-order valence-electron chi connectivity index (χ2n) is 3.32. The van der Waals surface area contributed by atoms with Crippen molar-refractivity contribution in [3.63, 3.8) is 0 Å². The molecule has 0 aliphatic heterocycles. The standard InChI is InChI=1S/C11H8BrN3O2S/c12-11-6-5-10(18-11)7-13-14-8-1-3-9(4-2-8)15(16)17/h1-7,14H/b13-7-. The fourth-order valence-corrected chi connectivity index (χ4v) is 2.52. The van der Waals surface area contributed by atoms with E-state index in [-0.39, 0.29) is 5.69 Å². The van der Waals surface area contributed by atoms with Gasteiger partial charge in [0.25, 0.3) is 5.69 Å². The highest BCUT2D eigenvalue weighted by atomic mass is 79.9. The predicted molar refractivity (Wildman–Crippen MR) is 76.3 cm³/mol. The van der Waals surface area contributed by atoms with Crippen molar-refractivity contribution >= 4 is 44.9 Å². The minimum absolute atomic E-state index is 0.0618. The van der Waals surface area contributed by atoms with E-state index in [1.807, 2.05) is 12.1 Å². The molecule has 92 valence electrons. The number of rotatable bonds is 4. The van der Waals surface area contributed by atoms with Gasteiger partial charge >= 0.3 is 0 Å². The van der Waals surface area contributed by atoms with Crippen molar-refractivity contribution in [2.75, 3.05) is 5.43 Å². The number of non-ortho nitro benzene ring substituents is 1. The van der Waals surface area contributed by atoms with Crippen molar-refractivity contribution in [3.05, 3.63) is 55.2 Å². The Hall–Kier alpha value is -1.73. The molecule has 2 rings (SSSR count). The summed E-state index contributed by atoms with van der Waals surface area (Å²) in [6.07, 6.45) is 1.69. The van der Waals surface area contributed by atoms with Crippen LogP contribution in [-0.4, -0.2) is 11.1 Å². The SMILES string of the molecule is O=[N+]([O-])c1ccc(N/N=C\c2ccc(Br)s2)cc1. The molecule has 0 atom stereocenters. The molecular weight excluding hydrogens is 318 g/mol. The van der Waals surface area contributed by atoms with E-state index in [0.717, 1.165) is 8.66 Å². The zero-order valence-corrected chi connectivity index (χ0v) is 11.4. The lowest BCUT2D eigenvalue weighted by atomic mass is 10.3. The Morgan fingerprint density at radius 3 is 2.56 bits per heavy atom. The van der Waals surface area contributed by atoms with E-state index in [1.165, 1.54) is 12.1 Å². The summed E-state index contributed by atoms with van der Waals surface area (Å²) in [5, 5.41) is 14.5. The summed E-state index contributed by atoms with van der Waals surface area (Å²) in [5.74, 6) is 0. The third kappa shape index (κ3) is 3.38. The van der Waals surface area contributed by atoms with Crippen LogP contribution >= 0.6 is 27.3 Å². The van der Waals surface area contributed by atoms with Crippen molar-refractivity contribution < 1.29 is 4.92 Å². The van der Waals surface area contributed by atoms with Crippen molar-refractivity contribution in [3.8, 4) is 0 Å². The van der Waals surface area contributed by atoms with Gasteiger partial charge in [0.15, 0.2) is 0 Å². The summed E-state index contributed by atoms with van der Waals surface area (Å²) in [7, 11) is 0. The van der Waals surface area contributed by atoms with Gasteiger partial charge in [-0.2, -0.15) is 5.10 Å². The van der Waals surface area contributed by atoms with Crippen LogP contribution < -0.4 is 5.43 Å². The molecule has 0 radical (unpaired) electrons. The minimum Gasteiger partial charge on any atom is -0.278 e. The second-order valence-corrected chi connectivity index (χ2v) is 5.81. The van der Waals surface area contributed by atoms with Crippen LogP contribution in [0.15, 0.2) is 45.3 Å². The number of anilines is 1. The minimum atomic E-state index is -0.434. The highest BCUT2D eigenvalue weighted by Crippen LogP contribution is 2.20. The van der Waals surface area contributed by atoms with Crippen LogP contribution in [0.1, 0.15) is 4.88 Å². The molecule has 0 aliphatic rings. The lowest BCUT2D eigenvalue weighted by Gasteiger charge is -1.98. The lowest BCUT2D eigenvalue weighted by molar-refractivity contribution is -0.384. The van der Waals surface area contributed by atoms with E-state index in [4.69, 9.17) is 0 Å². The van der Waals surface area contributed by atoms with Crippen LogP contribution in [0.5, 0.6) is 0 Å². The molecule has 0 spiro atoms. The molecule has 1 aromatic heterocycles. The third-order valence-electron chi connectivity index (χ3n) is 2.06. The topological polar surface area (TPSA) is 67.5 Å². The van der Waals surface area contributed by atoms with Gasteiger partial charge < -0.3 is 0 Å². The molecule has 0 fully saturated rings. The van der Waals surface area contributed by atoms with Gasteiger partial charge in [0, 0.05) is 17.0 Å². The Morgan fingerprint density at radius 1 is 1.28 bits per heavy atom. The molecule has 0 saturated heterocycles. The van der Waals surface area contributed by atoms with Crippen LogP contribution in [0.25, 0.3) is 0 Å². The summed E-state index contributed by atoms with van der Waals surface area (Å²) in [6.45, 7) is 0. The van der Waals surface area contributed by atoms with E-state index in [9.17, 15) is 10.1 Å². The number of hydrazone groups is 1. The average molecular weight is 326 g/mol. The van der Waals surface area contributed by atoms with Crippen LogP contribution in [-0.2, 0) is 0 Å². The molecule has 0 bridgehead atoms. The number of thiophene rings is 1. The fourth-order valence-electron chi connectivity index (χ4n) is 1.23. The van der Waals surface area contributed by atoms with E-state index in [0.29, 0.717) is 5.69 Å². The molecule has 1 heterocycles. The Bertz CT molecular complexity index is 580. The van der Waals surface area contributed by atoms with E-state index < -0.39 is 4.92 Å². The second kappa shape index (κ2) is 5.74. The van der Waals surface area contributed by atoms with Gasteiger partial charge in [0.1, 0.15) is 0 Å². The number of benzene rings is 1. The van der Waals surface area contributed by atoms with Gasteiger partial charge in [-0.1, -0.05) is 0 Å². The molecule has 0 unspecified atom stereocenters. The largest absolute Gasteiger partial charge is 0.278 e. The normalized spacial score (nSPS) is 10.7. The number of nitro groups is 1. The van der Waals surface area contributed by atoms with E-state index in [1.54, 1.807) is 29.7 Å². The summed E-state index contributed by atoms with van der Waals surface area (Å²) < 4.78 is 1.04. The van der Waals surface area contributed by atoms with Crippen molar-refractivity contribution in [1.29, 1.82) is 0 Å². The number of halogens is 1. The molecule has 1 N–H and O–H groups in total. The predicted octanol–water partition coefficient (Wildman–Crippen LogP) is 3.86. The first-order valence-corrected chi connectivity index (χ1v) is 6.55. The first-order valence-electron chi connectivity index (χ1n) is 4.94. The average Bonchev–Trinajstić information content (AvgIpc) is 2.76. The van der Waals surface area contributed by atoms with Crippen LogP contribution in [0, 0.1) is 10.1 Å². The molecule has 18 heavy (non-hydrogen) atoms. The fraction of sp³-hybridized carbons (Fsp3) is 0. The maximum Gasteiger partial charge on any atom is 0.269 e. The molecule has 0 amide bonds. The summed E-state index contributed by atoms with van der Waals surface area (Å²) in [6, 6.07) is 9.96. The molecule has 1 aromatic carbocycles. The van der Waals surface area contributed by atoms with Crippen molar-refractivity contribution in [2.45, 2.75) is 0 Å². The van der Waals surface area contributed by atoms with Gasteiger partial charge in [-0.15, -0.1) is 11.3 Å². The highest BCUT2D eigenvalue weighted by Gasteiger charge is 2.02. The Kier molecular flexibility index (Phi) is 4.06. The van der Waals surface area contributed by atoms with Gasteiger partial charge in [0.2, 0.25) is 0 Å². The number of nitro benzene ring substituents is 1. The molecule has 7 heteroatoms. The highest BCUT2D eigenvalue weighted by molar-refractivity contribution is 9.11. The summed E-state index contributed by atoms with van der Waals surface area (Å²) in [4.78, 5) is 11.0. The zero-order valence-electron chi connectivity index (χ0n) is 9.04. The van der Waals surface area contributed by atoms with Gasteiger partial charge in [-0.3, -0.25) is 15.5 Å². The molecule has 5 nitrogen and oxygen atoms in total. The smallest absolute Gasteiger partial charge is 0.269 e. The number of hydrogen-bond acceptors (Lipinski definition) is 5. The summed E-state index contributed by atoms with van der Waals surface area (Å²) in [5.41, 5.74) is 3.57. The van der Waals surface area contributed by atoms with E-state index in [2.05, 4.69) is 26.5 Å².